The van der Waals surface area contributed by atoms with E-state index in [-0.39, 0.29) is 6.42 Å². The second-order valence-electron chi connectivity index (χ2n) is 2.99. The van der Waals surface area contributed by atoms with Crippen LogP contribution in [0.25, 0.3) is 0 Å². The first kappa shape index (κ1) is 11.1. The highest BCUT2D eigenvalue weighted by Crippen LogP contribution is 2.05. The van der Waals surface area contributed by atoms with Crippen molar-refractivity contribution in [3.05, 3.63) is 16.6 Å². The predicted molar refractivity (Wildman–Crippen MR) is 55.3 cm³/mol. The van der Waals surface area contributed by atoms with Crippen LogP contribution >= 0.6 is 11.3 Å². The summed E-state index contributed by atoms with van der Waals surface area (Å²) < 4.78 is 0. The zero-order valence-corrected chi connectivity index (χ0v) is 8.96. The third-order valence-corrected chi connectivity index (χ3v) is 2.59. The van der Waals surface area contributed by atoms with Crippen LogP contribution in [-0.4, -0.2) is 34.0 Å². The van der Waals surface area contributed by atoms with E-state index < -0.39 is 5.97 Å². The van der Waals surface area contributed by atoms with E-state index >= 15 is 0 Å². The average Bonchev–Trinajstić information content (AvgIpc) is 2.64. The Kier molecular flexibility index (Phi) is 4.55. The van der Waals surface area contributed by atoms with E-state index in [1.165, 1.54) is 0 Å². The number of hydrogen-bond donors (Lipinski definition) is 1. The van der Waals surface area contributed by atoms with E-state index in [0.717, 1.165) is 18.8 Å². The summed E-state index contributed by atoms with van der Waals surface area (Å²) in [5, 5.41) is 10.5. The Balaban J connectivity index is 2.35. The summed E-state index contributed by atoms with van der Waals surface area (Å²) in [6, 6.07) is 0. The van der Waals surface area contributed by atoms with Crippen molar-refractivity contribution in [3.63, 3.8) is 0 Å². The maximum Gasteiger partial charge on any atom is 0.304 e. The third kappa shape index (κ3) is 3.85. The van der Waals surface area contributed by atoms with Crippen LogP contribution in [0.5, 0.6) is 0 Å². The molecule has 0 aliphatic heterocycles. The SMILES string of the molecule is CCN(CCC(=O)O)Cc1cscn1. The van der Waals surface area contributed by atoms with Crippen LogP contribution in [-0.2, 0) is 11.3 Å². The molecule has 0 fully saturated rings. The van der Waals surface area contributed by atoms with Crippen molar-refractivity contribution in [1.29, 1.82) is 0 Å². The Hall–Kier alpha value is -0.940. The van der Waals surface area contributed by atoms with Crippen LogP contribution in [0.2, 0.25) is 0 Å². The number of aromatic nitrogens is 1. The highest BCUT2D eigenvalue weighted by Gasteiger charge is 2.06. The Bertz CT molecular complexity index is 274. The summed E-state index contributed by atoms with van der Waals surface area (Å²) in [6.07, 6.45) is 0.192. The van der Waals surface area contributed by atoms with E-state index in [2.05, 4.69) is 9.88 Å². The fourth-order valence-electron chi connectivity index (χ4n) is 1.15. The fraction of sp³-hybridized carbons (Fsp3) is 0.556. The van der Waals surface area contributed by atoms with Crippen LogP contribution < -0.4 is 0 Å². The fourth-order valence-corrected chi connectivity index (χ4v) is 1.70. The van der Waals surface area contributed by atoms with Gasteiger partial charge in [0.15, 0.2) is 0 Å². The van der Waals surface area contributed by atoms with Gasteiger partial charge in [0.1, 0.15) is 0 Å². The van der Waals surface area contributed by atoms with E-state index in [0.29, 0.717) is 6.54 Å². The first-order valence-electron chi connectivity index (χ1n) is 4.53. The van der Waals surface area contributed by atoms with Gasteiger partial charge in [0.05, 0.1) is 17.6 Å². The second kappa shape index (κ2) is 5.72. The van der Waals surface area contributed by atoms with Gasteiger partial charge in [-0.25, -0.2) is 4.98 Å². The molecule has 0 aliphatic rings. The summed E-state index contributed by atoms with van der Waals surface area (Å²) in [7, 11) is 0. The second-order valence-corrected chi connectivity index (χ2v) is 3.71. The van der Waals surface area contributed by atoms with Crippen molar-refractivity contribution in [2.24, 2.45) is 0 Å². The van der Waals surface area contributed by atoms with E-state index in [4.69, 9.17) is 5.11 Å². The maximum atomic E-state index is 10.4. The Morgan fingerprint density at radius 2 is 2.50 bits per heavy atom. The van der Waals surface area contributed by atoms with Gasteiger partial charge in [0.2, 0.25) is 0 Å². The van der Waals surface area contributed by atoms with Gasteiger partial charge >= 0.3 is 5.97 Å². The Labute approximate surface area is 87.2 Å². The smallest absolute Gasteiger partial charge is 0.304 e. The molecule has 0 atom stereocenters. The van der Waals surface area contributed by atoms with Crippen molar-refractivity contribution >= 4 is 17.3 Å². The van der Waals surface area contributed by atoms with Crippen molar-refractivity contribution in [1.82, 2.24) is 9.88 Å². The van der Waals surface area contributed by atoms with Crippen LogP contribution in [0, 0.1) is 0 Å². The minimum atomic E-state index is -0.748. The average molecular weight is 214 g/mol. The van der Waals surface area contributed by atoms with Crippen LogP contribution in [0.4, 0.5) is 0 Å². The summed E-state index contributed by atoms with van der Waals surface area (Å²) >= 11 is 1.56. The number of carboxylic acid groups (broad SMARTS) is 1. The minimum Gasteiger partial charge on any atom is -0.481 e. The predicted octanol–water partition coefficient (Wildman–Crippen LogP) is 1.44. The Morgan fingerprint density at radius 1 is 1.71 bits per heavy atom. The molecule has 0 amide bonds. The molecule has 0 unspecified atom stereocenters. The van der Waals surface area contributed by atoms with Crippen LogP contribution in [0.15, 0.2) is 10.9 Å². The molecule has 0 bridgehead atoms. The molecule has 0 saturated heterocycles. The van der Waals surface area contributed by atoms with E-state index in [1.54, 1.807) is 16.8 Å². The number of nitrogens with zero attached hydrogens (tertiary/aromatic N) is 2. The molecule has 0 spiro atoms. The number of hydrogen-bond acceptors (Lipinski definition) is 4. The maximum absolute atomic E-state index is 10.4. The van der Waals surface area contributed by atoms with Crippen molar-refractivity contribution in [3.8, 4) is 0 Å². The zero-order chi connectivity index (χ0) is 10.4. The first-order valence-corrected chi connectivity index (χ1v) is 5.48. The molecule has 4 nitrogen and oxygen atoms in total. The number of carboxylic acids is 1. The molecule has 0 radical (unpaired) electrons. The molecule has 1 heterocycles. The molecule has 1 rings (SSSR count). The first-order chi connectivity index (χ1) is 6.72. The molecule has 5 heteroatoms. The number of rotatable bonds is 6. The monoisotopic (exact) mass is 214 g/mol. The quantitative estimate of drug-likeness (QED) is 0.778. The molecule has 0 aliphatic carbocycles. The lowest BCUT2D eigenvalue weighted by Gasteiger charge is -2.17. The third-order valence-electron chi connectivity index (χ3n) is 1.96. The number of aliphatic carboxylic acids is 1. The molecule has 0 aromatic carbocycles. The molecule has 0 saturated carbocycles. The van der Waals surface area contributed by atoms with Gasteiger partial charge in [-0.1, -0.05) is 6.92 Å². The van der Waals surface area contributed by atoms with Crippen molar-refractivity contribution < 1.29 is 9.90 Å². The summed E-state index contributed by atoms with van der Waals surface area (Å²) in [5.74, 6) is -0.748. The molecule has 78 valence electrons. The van der Waals surface area contributed by atoms with Gasteiger partial charge in [-0.2, -0.15) is 0 Å². The van der Waals surface area contributed by atoms with E-state index in [1.807, 2.05) is 12.3 Å². The molecular weight excluding hydrogens is 200 g/mol. The van der Waals surface area contributed by atoms with Crippen molar-refractivity contribution in [2.75, 3.05) is 13.1 Å². The summed E-state index contributed by atoms with van der Waals surface area (Å²) in [5.41, 5.74) is 2.81. The summed E-state index contributed by atoms with van der Waals surface area (Å²) in [4.78, 5) is 16.6. The van der Waals surface area contributed by atoms with Gasteiger partial charge in [0, 0.05) is 18.5 Å². The minimum absolute atomic E-state index is 0.192. The van der Waals surface area contributed by atoms with Crippen molar-refractivity contribution in [2.45, 2.75) is 19.9 Å². The molecular formula is C9H14N2O2S. The number of carbonyl (C=O) groups is 1. The molecule has 1 aromatic heterocycles. The molecule has 14 heavy (non-hydrogen) atoms. The largest absolute Gasteiger partial charge is 0.481 e. The number of thiazole rings is 1. The molecule has 1 aromatic rings. The van der Waals surface area contributed by atoms with Gasteiger partial charge in [0.25, 0.3) is 0 Å². The van der Waals surface area contributed by atoms with Crippen LogP contribution in [0.3, 0.4) is 0 Å². The Morgan fingerprint density at radius 3 is 3.00 bits per heavy atom. The lowest BCUT2D eigenvalue weighted by atomic mass is 10.3. The van der Waals surface area contributed by atoms with Gasteiger partial charge < -0.3 is 5.11 Å². The topological polar surface area (TPSA) is 53.4 Å². The highest BCUT2D eigenvalue weighted by atomic mass is 32.1. The lowest BCUT2D eigenvalue weighted by Crippen LogP contribution is -2.25. The van der Waals surface area contributed by atoms with Gasteiger partial charge in [-0.15, -0.1) is 11.3 Å². The van der Waals surface area contributed by atoms with E-state index in [9.17, 15) is 4.79 Å². The van der Waals surface area contributed by atoms with Gasteiger partial charge in [-0.05, 0) is 6.54 Å². The lowest BCUT2D eigenvalue weighted by molar-refractivity contribution is -0.137. The van der Waals surface area contributed by atoms with Crippen LogP contribution in [0.1, 0.15) is 19.0 Å². The normalized spacial score (nSPS) is 10.7. The standard InChI is InChI=1S/C9H14N2O2S/c1-2-11(4-3-9(12)13)5-8-6-14-7-10-8/h6-7H,2-5H2,1H3,(H,12,13). The zero-order valence-electron chi connectivity index (χ0n) is 8.14. The summed E-state index contributed by atoms with van der Waals surface area (Å²) in [6.45, 7) is 4.20. The highest BCUT2D eigenvalue weighted by molar-refractivity contribution is 7.07. The van der Waals surface area contributed by atoms with Gasteiger partial charge in [-0.3, -0.25) is 9.69 Å². The molecule has 1 N–H and O–H groups in total.